The first kappa shape index (κ1) is 19.6. The Hall–Kier alpha value is -3.33. The first-order valence-electron chi connectivity index (χ1n) is 10.3. The molecule has 1 aliphatic carbocycles. The molecule has 5 rings (SSSR count). The largest absolute Gasteiger partial charge is 0.340 e. The predicted molar refractivity (Wildman–Crippen MR) is 116 cm³/mol. The van der Waals surface area contributed by atoms with E-state index < -0.39 is 5.54 Å². The van der Waals surface area contributed by atoms with Gasteiger partial charge in [-0.25, -0.2) is 9.67 Å². The van der Waals surface area contributed by atoms with Crippen molar-refractivity contribution in [1.29, 1.82) is 0 Å². The Kier molecular flexibility index (Phi) is 5.11. The number of para-hydroxylation sites is 1. The van der Waals surface area contributed by atoms with Gasteiger partial charge in [0.2, 0.25) is 5.89 Å². The molecule has 0 aliphatic heterocycles. The number of hydrogen-bond donors (Lipinski definition) is 1. The van der Waals surface area contributed by atoms with Crippen molar-refractivity contribution in [1.82, 2.24) is 30.2 Å². The van der Waals surface area contributed by atoms with E-state index in [1.54, 1.807) is 23.2 Å². The van der Waals surface area contributed by atoms with Crippen molar-refractivity contribution in [3.8, 4) is 16.3 Å². The zero-order valence-corrected chi connectivity index (χ0v) is 17.9. The molecule has 3 aromatic heterocycles. The number of nitrogens with zero attached hydrogens (tertiary/aromatic N) is 5. The van der Waals surface area contributed by atoms with Gasteiger partial charge < -0.3 is 9.84 Å². The van der Waals surface area contributed by atoms with Crippen molar-refractivity contribution >= 4 is 17.2 Å². The van der Waals surface area contributed by atoms with Crippen LogP contribution in [0, 0.1) is 6.92 Å². The Labute approximate surface area is 183 Å². The molecule has 0 saturated heterocycles. The van der Waals surface area contributed by atoms with E-state index in [1.807, 2.05) is 36.5 Å². The highest BCUT2D eigenvalue weighted by molar-refractivity contribution is 7.13. The van der Waals surface area contributed by atoms with Gasteiger partial charge in [0.15, 0.2) is 5.82 Å². The number of hydrogen-bond acceptors (Lipinski definition) is 7. The van der Waals surface area contributed by atoms with Gasteiger partial charge >= 0.3 is 0 Å². The summed E-state index contributed by atoms with van der Waals surface area (Å²) in [4.78, 5) is 22.1. The number of aromatic nitrogens is 5. The van der Waals surface area contributed by atoms with Gasteiger partial charge in [-0.05, 0) is 25.0 Å². The summed E-state index contributed by atoms with van der Waals surface area (Å²) in [6, 6.07) is 9.87. The van der Waals surface area contributed by atoms with E-state index in [9.17, 15) is 4.79 Å². The molecule has 1 saturated carbocycles. The smallest absolute Gasteiger partial charge is 0.271 e. The first-order valence-corrected chi connectivity index (χ1v) is 11.2. The molecule has 3 heterocycles. The fraction of sp³-hybridized carbons (Fsp3) is 0.318. The van der Waals surface area contributed by atoms with E-state index in [2.05, 4.69) is 25.5 Å². The first-order chi connectivity index (χ1) is 15.1. The van der Waals surface area contributed by atoms with Crippen molar-refractivity contribution < 1.29 is 9.32 Å². The lowest BCUT2D eigenvalue weighted by Gasteiger charge is -2.35. The molecule has 158 valence electrons. The average Bonchev–Trinajstić information content (AvgIpc) is 3.55. The van der Waals surface area contributed by atoms with Crippen LogP contribution in [0.4, 0.5) is 0 Å². The van der Waals surface area contributed by atoms with E-state index in [0.29, 0.717) is 17.4 Å². The number of nitrogens with one attached hydrogen (secondary N) is 1. The molecule has 0 atom stereocenters. The third-order valence-corrected chi connectivity index (χ3v) is 6.49. The quantitative estimate of drug-likeness (QED) is 0.503. The zero-order valence-electron chi connectivity index (χ0n) is 17.1. The van der Waals surface area contributed by atoms with E-state index in [-0.39, 0.29) is 5.91 Å². The summed E-state index contributed by atoms with van der Waals surface area (Å²) in [5.41, 5.74) is 1.62. The fourth-order valence-corrected chi connectivity index (χ4v) is 4.78. The Morgan fingerprint density at radius 1 is 1.16 bits per heavy atom. The normalized spacial score (nSPS) is 15.6. The summed E-state index contributed by atoms with van der Waals surface area (Å²) >= 11 is 1.43. The molecule has 31 heavy (non-hydrogen) atoms. The lowest BCUT2D eigenvalue weighted by Crippen LogP contribution is -2.48. The molecule has 4 aromatic rings. The fourth-order valence-electron chi connectivity index (χ4n) is 4.00. The molecule has 0 radical (unpaired) electrons. The van der Waals surface area contributed by atoms with Crippen molar-refractivity contribution in [2.45, 2.75) is 44.6 Å². The lowest BCUT2D eigenvalue weighted by atomic mass is 9.81. The number of carbonyl (C=O) groups is 1. The monoisotopic (exact) mass is 434 g/mol. The predicted octanol–water partition coefficient (Wildman–Crippen LogP) is 4.28. The molecule has 0 spiro atoms. The number of thiazole rings is 1. The van der Waals surface area contributed by atoms with E-state index >= 15 is 0 Å². The van der Waals surface area contributed by atoms with Crippen LogP contribution in [0.3, 0.4) is 0 Å². The molecule has 1 fully saturated rings. The Balaban J connectivity index is 1.37. The Morgan fingerprint density at radius 2 is 1.97 bits per heavy atom. The third kappa shape index (κ3) is 3.88. The second kappa shape index (κ2) is 8.07. The van der Waals surface area contributed by atoms with Crippen LogP contribution in [-0.4, -0.2) is 30.8 Å². The van der Waals surface area contributed by atoms with Gasteiger partial charge in [0.1, 0.15) is 16.2 Å². The molecule has 8 nitrogen and oxygen atoms in total. The standard InChI is InChI=1S/C22H22N6O2S/c1-15-24-21(27-30-15)22(10-6-3-7-11-22)26-19(29)18-14-31-20(25-18)16-12-23-28(13-16)17-8-4-2-5-9-17/h2,4-5,8-9,12-14H,3,6-7,10-11H2,1H3,(H,26,29). The maximum absolute atomic E-state index is 13.1. The summed E-state index contributed by atoms with van der Waals surface area (Å²) in [6.07, 6.45) is 8.42. The minimum absolute atomic E-state index is 0.220. The summed E-state index contributed by atoms with van der Waals surface area (Å²) in [6.45, 7) is 1.76. The Bertz CT molecular complexity index is 1190. The minimum Gasteiger partial charge on any atom is -0.340 e. The van der Waals surface area contributed by atoms with Gasteiger partial charge in [-0.3, -0.25) is 4.79 Å². The zero-order chi connectivity index (χ0) is 21.3. The average molecular weight is 435 g/mol. The van der Waals surface area contributed by atoms with Crippen LogP contribution < -0.4 is 5.32 Å². The molecule has 1 aliphatic rings. The molecule has 1 amide bonds. The van der Waals surface area contributed by atoms with Crippen molar-refractivity contribution in [3.05, 3.63) is 65.5 Å². The molecular weight excluding hydrogens is 412 g/mol. The van der Waals surface area contributed by atoms with E-state index in [4.69, 9.17) is 4.52 Å². The van der Waals surface area contributed by atoms with Crippen molar-refractivity contribution in [3.63, 3.8) is 0 Å². The highest BCUT2D eigenvalue weighted by atomic mass is 32.1. The van der Waals surface area contributed by atoms with Crippen molar-refractivity contribution in [2.24, 2.45) is 0 Å². The lowest BCUT2D eigenvalue weighted by molar-refractivity contribution is 0.0851. The highest BCUT2D eigenvalue weighted by Gasteiger charge is 2.40. The second-order valence-corrected chi connectivity index (χ2v) is 8.64. The maximum Gasteiger partial charge on any atom is 0.271 e. The van der Waals surface area contributed by atoms with E-state index in [1.165, 1.54) is 11.3 Å². The van der Waals surface area contributed by atoms with Crippen LogP contribution >= 0.6 is 11.3 Å². The van der Waals surface area contributed by atoms with Crippen molar-refractivity contribution in [2.75, 3.05) is 0 Å². The second-order valence-electron chi connectivity index (χ2n) is 7.78. The number of benzene rings is 1. The number of amides is 1. The van der Waals surface area contributed by atoms with Gasteiger partial charge in [-0.15, -0.1) is 11.3 Å². The third-order valence-electron chi connectivity index (χ3n) is 5.60. The Morgan fingerprint density at radius 3 is 2.71 bits per heavy atom. The van der Waals surface area contributed by atoms with Crippen LogP contribution in [0.15, 0.2) is 52.6 Å². The molecule has 1 N–H and O–H groups in total. The summed E-state index contributed by atoms with van der Waals surface area (Å²) in [7, 11) is 0. The van der Waals surface area contributed by atoms with Crippen LogP contribution in [0.2, 0.25) is 0 Å². The van der Waals surface area contributed by atoms with Gasteiger partial charge in [0, 0.05) is 24.1 Å². The molecular formula is C22H22N6O2S. The topological polar surface area (TPSA) is 98.7 Å². The van der Waals surface area contributed by atoms with Gasteiger partial charge in [0.05, 0.1) is 11.9 Å². The molecule has 0 unspecified atom stereocenters. The van der Waals surface area contributed by atoms with Gasteiger partial charge in [-0.1, -0.05) is 42.6 Å². The SMILES string of the molecule is Cc1nc(C2(NC(=O)c3csc(-c4cnn(-c5ccccc5)c4)n3)CCCCC2)no1. The number of rotatable bonds is 5. The number of aryl methyl sites for hydroxylation is 1. The van der Waals surface area contributed by atoms with Crippen LogP contribution in [0.25, 0.3) is 16.3 Å². The van der Waals surface area contributed by atoms with Crippen LogP contribution in [-0.2, 0) is 5.54 Å². The summed E-state index contributed by atoms with van der Waals surface area (Å²) < 4.78 is 6.99. The van der Waals surface area contributed by atoms with Crippen LogP contribution in [0.1, 0.15) is 54.3 Å². The summed E-state index contributed by atoms with van der Waals surface area (Å²) in [5.74, 6) is 0.834. The molecule has 1 aromatic carbocycles. The molecule has 0 bridgehead atoms. The van der Waals surface area contributed by atoms with Gasteiger partial charge in [0.25, 0.3) is 5.91 Å². The molecule has 9 heteroatoms. The van der Waals surface area contributed by atoms with E-state index in [0.717, 1.165) is 48.4 Å². The van der Waals surface area contributed by atoms with Gasteiger partial charge in [-0.2, -0.15) is 10.1 Å². The highest BCUT2D eigenvalue weighted by Crippen LogP contribution is 2.36. The van der Waals surface area contributed by atoms with Crippen LogP contribution in [0.5, 0.6) is 0 Å². The maximum atomic E-state index is 13.1. The summed E-state index contributed by atoms with van der Waals surface area (Å²) in [5, 5.41) is 14.2. The number of carbonyl (C=O) groups excluding carboxylic acids is 1. The minimum atomic E-state index is -0.602.